The van der Waals surface area contributed by atoms with Gasteiger partial charge in [-0.25, -0.2) is 8.42 Å². The third kappa shape index (κ3) is 3.24. The van der Waals surface area contributed by atoms with Gasteiger partial charge in [0.15, 0.2) is 0 Å². The van der Waals surface area contributed by atoms with E-state index in [1.54, 1.807) is 19.9 Å². The predicted molar refractivity (Wildman–Crippen MR) is 73.9 cm³/mol. The Morgan fingerprint density at radius 1 is 1.26 bits per heavy atom. The van der Waals surface area contributed by atoms with E-state index in [9.17, 15) is 13.2 Å². The molecule has 1 amide bonds. The van der Waals surface area contributed by atoms with Crippen molar-refractivity contribution in [1.82, 2.24) is 4.72 Å². The van der Waals surface area contributed by atoms with E-state index >= 15 is 0 Å². The molecule has 0 atom stereocenters. The standard InChI is InChI=1S/C12H19N3O3S/c1-7-5-9(13)8(2)10(6-7)19(17,18)15-12(3,4)11(14)16/h5-6,15H,13H2,1-4H3,(H2,14,16). The van der Waals surface area contributed by atoms with E-state index in [4.69, 9.17) is 11.5 Å². The van der Waals surface area contributed by atoms with Gasteiger partial charge in [-0.1, -0.05) is 0 Å². The zero-order chi connectivity index (χ0) is 15.0. The van der Waals surface area contributed by atoms with E-state index in [2.05, 4.69) is 4.72 Å². The number of hydrogen-bond acceptors (Lipinski definition) is 4. The highest BCUT2D eigenvalue weighted by molar-refractivity contribution is 7.89. The number of amides is 1. The normalized spacial score (nSPS) is 12.4. The quantitative estimate of drug-likeness (QED) is 0.695. The third-order valence-corrected chi connectivity index (χ3v) is 4.62. The second kappa shape index (κ2) is 4.82. The molecule has 0 aromatic heterocycles. The molecule has 0 bridgehead atoms. The van der Waals surface area contributed by atoms with Crippen molar-refractivity contribution < 1.29 is 13.2 Å². The fraction of sp³-hybridized carbons (Fsp3) is 0.417. The lowest BCUT2D eigenvalue weighted by molar-refractivity contribution is -0.122. The molecule has 1 aromatic rings. The first-order valence-corrected chi connectivity index (χ1v) is 7.16. The maximum absolute atomic E-state index is 12.3. The van der Waals surface area contributed by atoms with E-state index in [1.165, 1.54) is 19.9 Å². The van der Waals surface area contributed by atoms with Gasteiger partial charge in [-0.2, -0.15) is 4.72 Å². The monoisotopic (exact) mass is 285 g/mol. The summed E-state index contributed by atoms with van der Waals surface area (Å²) in [6, 6.07) is 3.19. The van der Waals surface area contributed by atoms with Crippen LogP contribution in [0, 0.1) is 13.8 Å². The van der Waals surface area contributed by atoms with Crippen LogP contribution in [-0.4, -0.2) is 19.9 Å². The highest BCUT2D eigenvalue weighted by atomic mass is 32.2. The van der Waals surface area contributed by atoms with Gasteiger partial charge >= 0.3 is 0 Å². The number of nitrogens with two attached hydrogens (primary N) is 2. The zero-order valence-electron chi connectivity index (χ0n) is 11.4. The van der Waals surface area contributed by atoms with Gasteiger partial charge in [0.2, 0.25) is 15.9 Å². The molecule has 0 saturated heterocycles. The molecule has 0 spiro atoms. The van der Waals surface area contributed by atoms with E-state index in [1.807, 2.05) is 0 Å². The van der Waals surface area contributed by atoms with Gasteiger partial charge in [-0.3, -0.25) is 4.79 Å². The fourth-order valence-corrected chi connectivity index (χ4v) is 3.32. The Morgan fingerprint density at radius 2 is 1.79 bits per heavy atom. The summed E-state index contributed by atoms with van der Waals surface area (Å²) >= 11 is 0. The molecule has 0 unspecified atom stereocenters. The Balaban J connectivity index is 3.33. The van der Waals surface area contributed by atoms with Crippen molar-refractivity contribution in [3.8, 4) is 0 Å². The molecule has 19 heavy (non-hydrogen) atoms. The average molecular weight is 285 g/mol. The largest absolute Gasteiger partial charge is 0.398 e. The van der Waals surface area contributed by atoms with E-state index in [0.717, 1.165) is 5.56 Å². The Morgan fingerprint density at radius 3 is 2.26 bits per heavy atom. The first-order chi connectivity index (χ1) is 8.47. The van der Waals surface area contributed by atoms with Crippen molar-refractivity contribution in [2.45, 2.75) is 38.1 Å². The highest BCUT2D eigenvalue weighted by Gasteiger charge is 2.32. The van der Waals surface area contributed by atoms with Gasteiger partial charge in [0, 0.05) is 5.69 Å². The minimum absolute atomic E-state index is 0.0549. The second-order valence-electron chi connectivity index (χ2n) is 5.07. The SMILES string of the molecule is Cc1cc(N)c(C)c(S(=O)(=O)NC(C)(C)C(N)=O)c1. The number of hydrogen-bond donors (Lipinski definition) is 3. The smallest absolute Gasteiger partial charge is 0.241 e. The summed E-state index contributed by atoms with van der Waals surface area (Å²) in [6.07, 6.45) is 0. The van der Waals surface area contributed by atoms with Crippen LogP contribution in [0.25, 0.3) is 0 Å². The molecule has 0 saturated carbocycles. The topological polar surface area (TPSA) is 115 Å². The summed E-state index contributed by atoms with van der Waals surface area (Å²) in [6.45, 7) is 6.16. The molecular weight excluding hydrogens is 266 g/mol. The highest BCUT2D eigenvalue weighted by Crippen LogP contribution is 2.24. The second-order valence-corrected chi connectivity index (χ2v) is 6.72. The summed E-state index contributed by atoms with van der Waals surface area (Å²) in [4.78, 5) is 11.3. The van der Waals surface area contributed by atoms with Crippen LogP contribution >= 0.6 is 0 Å². The average Bonchev–Trinajstić information content (AvgIpc) is 2.21. The van der Waals surface area contributed by atoms with Crippen LogP contribution in [0.1, 0.15) is 25.0 Å². The lowest BCUT2D eigenvalue weighted by Crippen LogP contribution is -2.52. The Kier molecular flexibility index (Phi) is 3.92. The molecule has 0 fully saturated rings. The number of carbonyl (C=O) groups excluding carboxylic acids is 1. The Bertz CT molecular complexity index is 621. The van der Waals surface area contributed by atoms with Crippen molar-refractivity contribution in [2.24, 2.45) is 5.73 Å². The number of anilines is 1. The molecular formula is C12H19N3O3S. The molecule has 7 heteroatoms. The summed E-state index contributed by atoms with van der Waals surface area (Å²) in [5.74, 6) is -0.755. The van der Waals surface area contributed by atoms with Gasteiger partial charge < -0.3 is 11.5 Å². The maximum Gasteiger partial charge on any atom is 0.241 e. The molecule has 0 heterocycles. The van der Waals surface area contributed by atoms with Crippen LogP contribution in [0.4, 0.5) is 5.69 Å². The molecule has 0 aliphatic heterocycles. The maximum atomic E-state index is 12.3. The van der Waals surface area contributed by atoms with Crippen molar-refractivity contribution in [1.29, 1.82) is 0 Å². The number of nitrogen functional groups attached to an aromatic ring is 1. The summed E-state index contributed by atoms with van der Waals surface area (Å²) < 4.78 is 26.9. The van der Waals surface area contributed by atoms with Crippen LogP contribution in [0.2, 0.25) is 0 Å². The van der Waals surface area contributed by atoms with Crippen LogP contribution in [0.3, 0.4) is 0 Å². The zero-order valence-corrected chi connectivity index (χ0v) is 12.3. The summed E-state index contributed by atoms with van der Waals surface area (Å²) in [7, 11) is -3.87. The fourth-order valence-electron chi connectivity index (χ4n) is 1.57. The van der Waals surface area contributed by atoms with E-state index in [-0.39, 0.29) is 4.90 Å². The number of nitrogens with one attached hydrogen (secondary N) is 1. The van der Waals surface area contributed by atoms with Crippen LogP contribution in [-0.2, 0) is 14.8 Å². The van der Waals surface area contributed by atoms with Crippen LogP contribution < -0.4 is 16.2 Å². The molecule has 5 N–H and O–H groups in total. The molecule has 6 nitrogen and oxygen atoms in total. The molecule has 106 valence electrons. The van der Waals surface area contributed by atoms with Gasteiger partial charge in [0.05, 0.1) is 4.90 Å². The van der Waals surface area contributed by atoms with Crippen LogP contribution in [0.15, 0.2) is 17.0 Å². The number of primary amides is 1. The first kappa shape index (κ1) is 15.5. The minimum atomic E-state index is -3.87. The van der Waals surface area contributed by atoms with Crippen LogP contribution in [0.5, 0.6) is 0 Å². The number of aryl methyl sites for hydroxylation is 1. The van der Waals surface area contributed by atoms with Gasteiger partial charge in [-0.15, -0.1) is 0 Å². The summed E-state index contributed by atoms with van der Waals surface area (Å²) in [5, 5.41) is 0. The number of benzene rings is 1. The van der Waals surface area contributed by atoms with Crippen molar-refractivity contribution in [2.75, 3.05) is 5.73 Å². The number of sulfonamides is 1. The first-order valence-electron chi connectivity index (χ1n) is 5.68. The molecule has 0 radical (unpaired) electrons. The van der Waals surface area contributed by atoms with Crippen molar-refractivity contribution in [3.63, 3.8) is 0 Å². The van der Waals surface area contributed by atoms with E-state index in [0.29, 0.717) is 11.3 Å². The third-order valence-electron chi connectivity index (χ3n) is 2.84. The Hall–Kier alpha value is -1.60. The minimum Gasteiger partial charge on any atom is -0.398 e. The number of rotatable bonds is 4. The summed E-state index contributed by atoms with van der Waals surface area (Å²) in [5.41, 5.74) is 11.1. The Labute approximate surface area is 113 Å². The van der Waals surface area contributed by atoms with Crippen molar-refractivity contribution >= 4 is 21.6 Å². The molecule has 1 aromatic carbocycles. The molecule has 1 rings (SSSR count). The van der Waals surface area contributed by atoms with Gasteiger partial charge in [-0.05, 0) is 51.0 Å². The van der Waals surface area contributed by atoms with E-state index < -0.39 is 21.5 Å². The molecule has 0 aliphatic carbocycles. The molecule has 0 aliphatic rings. The van der Waals surface area contributed by atoms with Crippen molar-refractivity contribution in [3.05, 3.63) is 23.3 Å². The van der Waals surface area contributed by atoms with Gasteiger partial charge in [0.1, 0.15) is 5.54 Å². The predicted octanol–water partition coefficient (Wildman–Crippen LogP) is 0.428. The lowest BCUT2D eigenvalue weighted by Gasteiger charge is -2.23. The lowest BCUT2D eigenvalue weighted by atomic mass is 10.1. The van der Waals surface area contributed by atoms with Gasteiger partial charge in [0.25, 0.3) is 0 Å². The number of carbonyl (C=O) groups is 1.